The lowest BCUT2D eigenvalue weighted by Gasteiger charge is -2.38. The first-order valence-corrected chi connectivity index (χ1v) is 12.2. The molecule has 4 rings (SSSR count). The number of nitrogens with zero attached hydrogens (tertiary/aromatic N) is 1. The number of carbonyl (C=O) groups is 1. The Morgan fingerprint density at radius 1 is 1.15 bits per heavy atom. The molecule has 0 N–H and O–H groups in total. The van der Waals surface area contributed by atoms with Crippen molar-refractivity contribution in [3.05, 3.63) is 51.5 Å². The number of halogens is 2. The third-order valence-corrected chi connectivity index (χ3v) is 7.14. The van der Waals surface area contributed by atoms with E-state index < -0.39 is 5.60 Å². The molecular weight excluding hydrogens is 477 g/mol. The quantitative estimate of drug-likeness (QED) is 0.471. The Balaban J connectivity index is 1.39. The first-order valence-electron chi connectivity index (χ1n) is 11.5. The smallest absolute Gasteiger partial charge is 0.320 e. The molecule has 0 radical (unpaired) electrons. The van der Waals surface area contributed by atoms with Gasteiger partial charge in [0, 0.05) is 27.6 Å². The van der Waals surface area contributed by atoms with E-state index in [1.54, 1.807) is 19.2 Å². The maximum Gasteiger partial charge on any atom is 0.320 e. The van der Waals surface area contributed by atoms with Crippen molar-refractivity contribution in [1.29, 1.82) is 0 Å². The molecule has 1 spiro atoms. The van der Waals surface area contributed by atoms with Crippen LogP contribution in [0.1, 0.15) is 44.7 Å². The molecule has 2 aromatic rings. The standard InChI is InChI=1S/C26H31Cl2NO5/c1-25(2,3)34-23(30)14-29-11-9-26(10-12-29)16-33-22-13-17(5-6-19(22)26)32-15-18-20(27)7-8-21(31-4)24(18)28/h5-8,13H,9-12,14-16H2,1-4H3. The zero-order chi connectivity index (χ0) is 24.5. The molecule has 184 valence electrons. The summed E-state index contributed by atoms with van der Waals surface area (Å²) in [5.74, 6) is 1.92. The van der Waals surface area contributed by atoms with E-state index in [9.17, 15) is 4.79 Å². The Morgan fingerprint density at radius 2 is 1.88 bits per heavy atom. The van der Waals surface area contributed by atoms with Crippen LogP contribution in [-0.2, 0) is 21.6 Å². The highest BCUT2D eigenvalue weighted by molar-refractivity contribution is 6.36. The average Bonchev–Trinajstić information content (AvgIpc) is 3.11. The molecule has 0 bridgehead atoms. The van der Waals surface area contributed by atoms with Gasteiger partial charge in [-0.25, -0.2) is 0 Å². The number of carbonyl (C=O) groups excluding carboxylic acids is 1. The van der Waals surface area contributed by atoms with Crippen molar-refractivity contribution >= 4 is 29.2 Å². The van der Waals surface area contributed by atoms with Gasteiger partial charge in [-0.05, 0) is 64.9 Å². The zero-order valence-electron chi connectivity index (χ0n) is 20.1. The van der Waals surface area contributed by atoms with Gasteiger partial charge in [-0.15, -0.1) is 0 Å². The zero-order valence-corrected chi connectivity index (χ0v) is 21.6. The highest BCUT2D eigenvalue weighted by Gasteiger charge is 2.43. The molecule has 1 fully saturated rings. The summed E-state index contributed by atoms with van der Waals surface area (Å²) in [7, 11) is 1.56. The van der Waals surface area contributed by atoms with Crippen molar-refractivity contribution in [2.24, 2.45) is 0 Å². The predicted molar refractivity (Wildman–Crippen MR) is 132 cm³/mol. The number of ether oxygens (including phenoxy) is 4. The van der Waals surface area contributed by atoms with E-state index in [1.807, 2.05) is 32.9 Å². The number of hydrogen-bond donors (Lipinski definition) is 0. The molecule has 0 atom stereocenters. The van der Waals surface area contributed by atoms with E-state index in [2.05, 4.69) is 11.0 Å². The van der Waals surface area contributed by atoms with E-state index in [4.69, 9.17) is 42.1 Å². The fourth-order valence-electron chi connectivity index (χ4n) is 4.57. The third kappa shape index (κ3) is 5.40. The number of methoxy groups -OCH3 is 1. The minimum atomic E-state index is -0.463. The van der Waals surface area contributed by atoms with Gasteiger partial charge in [-0.2, -0.15) is 0 Å². The van der Waals surface area contributed by atoms with Gasteiger partial charge in [0.25, 0.3) is 0 Å². The molecule has 2 aromatic carbocycles. The second-order valence-electron chi connectivity index (χ2n) is 9.92. The van der Waals surface area contributed by atoms with E-state index >= 15 is 0 Å². The molecule has 2 aliphatic heterocycles. The Bertz CT molecular complexity index is 1060. The summed E-state index contributed by atoms with van der Waals surface area (Å²) in [6, 6.07) is 9.46. The molecule has 1 saturated heterocycles. The lowest BCUT2D eigenvalue weighted by Crippen LogP contribution is -2.46. The van der Waals surface area contributed by atoms with Crippen LogP contribution in [0.15, 0.2) is 30.3 Å². The lowest BCUT2D eigenvalue weighted by molar-refractivity contribution is -0.156. The van der Waals surface area contributed by atoms with E-state index in [0.29, 0.717) is 40.3 Å². The van der Waals surface area contributed by atoms with Crippen LogP contribution in [0.25, 0.3) is 0 Å². The molecule has 0 unspecified atom stereocenters. The van der Waals surface area contributed by atoms with Crippen LogP contribution in [0.5, 0.6) is 17.2 Å². The fraction of sp³-hybridized carbons (Fsp3) is 0.500. The summed E-state index contributed by atoms with van der Waals surface area (Å²) in [6.45, 7) is 8.50. The third-order valence-electron chi connectivity index (χ3n) is 6.37. The normalized spacial score (nSPS) is 17.2. The Morgan fingerprint density at radius 3 is 2.56 bits per heavy atom. The van der Waals surface area contributed by atoms with Crippen molar-refractivity contribution < 1.29 is 23.7 Å². The lowest BCUT2D eigenvalue weighted by atomic mass is 9.74. The number of esters is 1. The van der Waals surface area contributed by atoms with Crippen LogP contribution >= 0.6 is 23.2 Å². The van der Waals surface area contributed by atoms with E-state index in [0.717, 1.165) is 31.7 Å². The van der Waals surface area contributed by atoms with Gasteiger partial charge >= 0.3 is 5.97 Å². The minimum absolute atomic E-state index is 0.0301. The molecule has 2 aliphatic rings. The number of fused-ring (bicyclic) bond motifs is 2. The summed E-state index contributed by atoms with van der Waals surface area (Å²) in [5, 5.41) is 0.977. The fourth-order valence-corrected chi connectivity index (χ4v) is 5.13. The highest BCUT2D eigenvalue weighted by atomic mass is 35.5. The van der Waals surface area contributed by atoms with E-state index in [1.165, 1.54) is 5.56 Å². The van der Waals surface area contributed by atoms with E-state index in [-0.39, 0.29) is 18.0 Å². The van der Waals surface area contributed by atoms with Gasteiger partial charge in [0.2, 0.25) is 0 Å². The van der Waals surface area contributed by atoms with Crippen LogP contribution in [-0.4, -0.2) is 49.8 Å². The van der Waals surface area contributed by atoms with Crippen LogP contribution in [0.3, 0.4) is 0 Å². The SMILES string of the molecule is COc1ccc(Cl)c(COc2ccc3c(c2)OCC32CCN(CC(=O)OC(C)(C)C)CC2)c1Cl. The predicted octanol–water partition coefficient (Wildman–Crippen LogP) is 5.65. The first-order chi connectivity index (χ1) is 16.1. The molecule has 2 heterocycles. The number of rotatable bonds is 6. The summed E-state index contributed by atoms with van der Waals surface area (Å²) in [6.07, 6.45) is 1.86. The molecule has 0 saturated carbocycles. The second-order valence-corrected chi connectivity index (χ2v) is 10.7. The topological polar surface area (TPSA) is 57.2 Å². The van der Waals surface area contributed by atoms with Crippen molar-refractivity contribution in [2.75, 3.05) is 33.4 Å². The molecular formula is C26H31Cl2NO5. The van der Waals surface area contributed by atoms with Gasteiger partial charge in [0.05, 0.1) is 25.3 Å². The second kappa shape index (κ2) is 9.84. The summed E-state index contributed by atoms with van der Waals surface area (Å²) in [5.41, 5.74) is 1.39. The van der Waals surface area contributed by atoms with Crippen molar-refractivity contribution in [2.45, 2.75) is 51.2 Å². The highest BCUT2D eigenvalue weighted by Crippen LogP contribution is 2.47. The largest absolute Gasteiger partial charge is 0.495 e. The Kier molecular flexibility index (Phi) is 7.22. The number of piperidine rings is 1. The van der Waals surface area contributed by atoms with Gasteiger partial charge in [0.15, 0.2) is 0 Å². The van der Waals surface area contributed by atoms with Gasteiger partial charge in [0.1, 0.15) is 29.5 Å². The molecule has 6 nitrogen and oxygen atoms in total. The van der Waals surface area contributed by atoms with Crippen molar-refractivity contribution in [3.63, 3.8) is 0 Å². The van der Waals surface area contributed by atoms with Crippen molar-refractivity contribution in [3.8, 4) is 17.2 Å². The Hall–Kier alpha value is -2.15. The molecule has 8 heteroatoms. The van der Waals surface area contributed by atoms with Crippen LogP contribution < -0.4 is 14.2 Å². The van der Waals surface area contributed by atoms with Crippen LogP contribution in [0.4, 0.5) is 0 Å². The minimum Gasteiger partial charge on any atom is -0.495 e. The first kappa shape index (κ1) is 25.0. The Labute approximate surface area is 211 Å². The van der Waals surface area contributed by atoms with Gasteiger partial charge in [-0.3, -0.25) is 9.69 Å². The number of benzene rings is 2. The maximum atomic E-state index is 12.2. The summed E-state index contributed by atoms with van der Waals surface area (Å²) < 4.78 is 22.8. The number of likely N-dealkylation sites (tertiary alicyclic amines) is 1. The molecule has 0 amide bonds. The molecule has 0 aromatic heterocycles. The summed E-state index contributed by atoms with van der Waals surface area (Å²) in [4.78, 5) is 14.4. The van der Waals surface area contributed by atoms with Gasteiger partial charge < -0.3 is 18.9 Å². The van der Waals surface area contributed by atoms with Crippen molar-refractivity contribution in [1.82, 2.24) is 4.90 Å². The molecule has 0 aliphatic carbocycles. The van der Waals surface area contributed by atoms with Gasteiger partial charge in [-0.1, -0.05) is 29.3 Å². The van der Waals surface area contributed by atoms with Crippen LogP contribution in [0.2, 0.25) is 10.0 Å². The molecule has 34 heavy (non-hydrogen) atoms. The maximum absolute atomic E-state index is 12.2. The monoisotopic (exact) mass is 507 g/mol. The number of hydrogen-bond acceptors (Lipinski definition) is 6. The van der Waals surface area contributed by atoms with Crippen LogP contribution in [0, 0.1) is 0 Å². The average molecular weight is 508 g/mol. The summed E-state index contributed by atoms with van der Waals surface area (Å²) >= 11 is 12.7.